The lowest BCUT2D eigenvalue weighted by Gasteiger charge is -2.11. The number of nitrogens with zero attached hydrogens (tertiary/aromatic N) is 1. The van der Waals surface area contributed by atoms with E-state index in [4.69, 9.17) is 9.47 Å². The zero-order valence-electron chi connectivity index (χ0n) is 11.5. The summed E-state index contributed by atoms with van der Waals surface area (Å²) in [4.78, 5) is 0. The molecule has 0 saturated heterocycles. The van der Waals surface area contributed by atoms with Crippen LogP contribution >= 0.6 is 15.9 Å². The first kappa shape index (κ1) is 15.7. The Kier molecular flexibility index (Phi) is 4.16. The summed E-state index contributed by atoms with van der Waals surface area (Å²) in [6, 6.07) is 8.54. The van der Waals surface area contributed by atoms with Crippen LogP contribution in [-0.2, 0) is 6.18 Å². The molecule has 0 atom stereocenters. The van der Waals surface area contributed by atoms with E-state index in [2.05, 4.69) is 26.5 Å². The summed E-state index contributed by atoms with van der Waals surface area (Å²) in [7, 11) is 0. The van der Waals surface area contributed by atoms with Crippen LogP contribution in [0, 0.1) is 0 Å². The van der Waals surface area contributed by atoms with Crippen LogP contribution in [0.5, 0.6) is 11.5 Å². The Hall–Kier alpha value is -2.22. The number of ether oxygens (including phenoxy) is 2. The number of fused-ring (bicyclic) bond motifs is 1. The predicted octanol–water partition coefficient (Wildman–Crippen LogP) is 4.64. The van der Waals surface area contributed by atoms with Crippen molar-refractivity contribution in [3.63, 3.8) is 0 Å². The summed E-state index contributed by atoms with van der Waals surface area (Å²) < 4.78 is 49.8. The molecule has 1 N–H and O–H groups in total. The second-order valence-corrected chi connectivity index (χ2v) is 5.49. The van der Waals surface area contributed by atoms with E-state index in [9.17, 15) is 13.2 Å². The molecule has 0 unspecified atom stereocenters. The molecule has 1 aliphatic rings. The van der Waals surface area contributed by atoms with Crippen LogP contribution in [-0.4, -0.2) is 13.0 Å². The molecule has 0 amide bonds. The smallest absolute Gasteiger partial charge is 0.418 e. The molecule has 1 aliphatic heterocycles. The van der Waals surface area contributed by atoms with Gasteiger partial charge in [0.25, 0.3) is 0 Å². The Morgan fingerprint density at radius 1 is 1.13 bits per heavy atom. The zero-order chi connectivity index (χ0) is 16.4. The lowest BCUT2D eigenvalue weighted by atomic mass is 10.2. The van der Waals surface area contributed by atoms with Crippen LogP contribution in [0.1, 0.15) is 11.1 Å². The largest absolute Gasteiger partial charge is 0.454 e. The average Bonchev–Trinajstić information content (AvgIpc) is 2.94. The summed E-state index contributed by atoms with van der Waals surface area (Å²) >= 11 is 3.35. The fraction of sp³-hybridized carbons (Fsp3) is 0.133. The molecule has 3 rings (SSSR count). The van der Waals surface area contributed by atoms with Crippen LogP contribution < -0.4 is 14.9 Å². The first-order valence-corrected chi connectivity index (χ1v) is 7.29. The van der Waals surface area contributed by atoms with E-state index in [1.807, 2.05) is 0 Å². The number of hydrazone groups is 1. The molecule has 0 aromatic heterocycles. The van der Waals surface area contributed by atoms with Gasteiger partial charge in [0.1, 0.15) is 0 Å². The van der Waals surface area contributed by atoms with Crippen molar-refractivity contribution in [2.75, 3.05) is 12.2 Å². The van der Waals surface area contributed by atoms with Crippen molar-refractivity contribution in [3.05, 3.63) is 52.0 Å². The Bertz CT molecular complexity index is 763. The summed E-state index contributed by atoms with van der Waals surface area (Å²) in [6.07, 6.45) is -3.04. The molecule has 0 fully saturated rings. The molecule has 1 heterocycles. The van der Waals surface area contributed by atoms with E-state index in [1.165, 1.54) is 24.4 Å². The van der Waals surface area contributed by atoms with Crippen molar-refractivity contribution in [1.82, 2.24) is 0 Å². The first-order valence-electron chi connectivity index (χ1n) is 6.49. The second-order valence-electron chi connectivity index (χ2n) is 4.64. The van der Waals surface area contributed by atoms with Gasteiger partial charge in [-0.15, -0.1) is 0 Å². The maximum atomic E-state index is 12.9. The highest BCUT2D eigenvalue weighted by atomic mass is 79.9. The van der Waals surface area contributed by atoms with E-state index < -0.39 is 11.7 Å². The molecular weight excluding hydrogens is 377 g/mol. The van der Waals surface area contributed by atoms with Gasteiger partial charge in [-0.3, -0.25) is 5.43 Å². The molecule has 23 heavy (non-hydrogen) atoms. The monoisotopic (exact) mass is 386 g/mol. The number of benzene rings is 2. The molecule has 4 nitrogen and oxygen atoms in total. The number of alkyl halides is 3. The van der Waals surface area contributed by atoms with Gasteiger partial charge in [0.15, 0.2) is 11.5 Å². The van der Waals surface area contributed by atoms with Gasteiger partial charge in [-0.1, -0.05) is 12.1 Å². The van der Waals surface area contributed by atoms with Gasteiger partial charge in [-0.25, -0.2) is 0 Å². The molecule has 0 bridgehead atoms. The quantitative estimate of drug-likeness (QED) is 0.616. The van der Waals surface area contributed by atoms with E-state index in [1.54, 1.807) is 12.1 Å². The summed E-state index contributed by atoms with van der Waals surface area (Å²) in [5.41, 5.74) is 2.17. The lowest BCUT2D eigenvalue weighted by Crippen LogP contribution is -2.08. The van der Waals surface area contributed by atoms with Crippen LogP contribution in [0.3, 0.4) is 0 Å². The molecule has 2 aromatic rings. The third-order valence-corrected chi connectivity index (χ3v) is 3.80. The fourth-order valence-electron chi connectivity index (χ4n) is 2.03. The highest BCUT2D eigenvalue weighted by Gasteiger charge is 2.33. The van der Waals surface area contributed by atoms with Crippen LogP contribution in [0.4, 0.5) is 18.9 Å². The molecular formula is C15H10BrF3N2O2. The minimum atomic E-state index is -4.45. The number of para-hydroxylation sites is 1. The maximum Gasteiger partial charge on any atom is 0.418 e. The molecule has 0 saturated carbocycles. The van der Waals surface area contributed by atoms with Crippen molar-refractivity contribution < 1.29 is 22.6 Å². The lowest BCUT2D eigenvalue weighted by molar-refractivity contribution is -0.136. The Labute approximate surface area is 138 Å². The van der Waals surface area contributed by atoms with E-state index in [0.717, 1.165) is 6.07 Å². The topological polar surface area (TPSA) is 42.9 Å². The van der Waals surface area contributed by atoms with Crippen molar-refractivity contribution in [2.45, 2.75) is 6.18 Å². The highest BCUT2D eigenvalue weighted by molar-refractivity contribution is 9.10. The normalized spacial score (nSPS) is 13.6. The van der Waals surface area contributed by atoms with Crippen LogP contribution in [0.25, 0.3) is 0 Å². The van der Waals surface area contributed by atoms with E-state index in [-0.39, 0.29) is 12.5 Å². The van der Waals surface area contributed by atoms with Gasteiger partial charge in [0.05, 0.1) is 17.5 Å². The fourth-order valence-corrected chi connectivity index (χ4v) is 2.46. The number of nitrogens with one attached hydrogen (secondary N) is 1. The van der Waals surface area contributed by atoms with Gasteiger partial charge >= 0.3 is 6.18 Å². The van der Waals surface area contributed by atoms with Gasteiger partial charge in [0.2, 0.25) is 6.79 Å². The van der Waals surface area contributed by atoms with Gasteiger partial charge < -0.3 is 9.47 Å². The van der Waals surface area contributed by atoms with Crippen LogP contribution in [0.15, 0.2) is 46.0 Å². The molecule has 0 aliphatic carbocycles. The number of rotatable bonds is 3. The van der Waals surface area contributed by atoms with Gasteiger partial charge in [-0.2, -0.15) is 18.3 Å². The van der Waals surface area contributed by atoms with E-state index in [0.29, 0.717) is 21.5 Å². The average molecular weight is 387 g/mol. The number of anilines is 1. The van der Waals surface area contributed by atoms with Crippen molar-refractivity contribution >= 4 is 27.8 Å². The first-order chi connectivity index (χ1) is 10.9. The van der Waals surface area contributed by atoms with Crippen LogP contribution in [0.2, 0.25) is 0 Å². The Morgan fingerprint density at radius 3 is 2.57 bits per heavy atom. The molecule has 120 valence electrons. The summed E-state index contributed by atoms with van der Waals surface area (Å²) in [5, 5.41) is 3.87. The summed E-state index contributed by atoms with van der Waals surface area (Å²) in [5.74, 6) is 1.16. The van der Waals surface area contributed by atoms with Gasteiger partial charge in [-0.05, 0) is 40.2 Å². The third kappa shape index (κ3) is 3.42. The SMILES string of the molecule is FC(F)(F)c1ccccc1N/N=C\c1cc2c(cc1Br)OCO2. The standard InChI is InChI=1S/C15H10BrF3N2O2/c16-11-6-14-13(22-8-23-14)5-9(11)7-20-21-12-4-2-1-3-10(12)15(17,18)19/h1-7,21H,8H2/b20-7-. The number of hydrogen-bond donors (Lipinski definition) is 1. The molecule has 8 heteroatoms. The second kappa shape index (κ2) is 6.11. The van der Waals surface area contributed by atoms with E-state index >= 15 is 0 Å². The molecule has 0 radical (unpaired) electrons. The van der Waals surface area contributed by atoms with Crippen molar-refractivity contribution in [2.24, 2.45) is 5.10 Å². The minimum absolute atomic E-state index is 0.117. The zero-order valence-corrected chi connectivity index (χ0v) is 13.1. The number of hydrogen-bond acceptors (Lipinski definition) is 4. The third-order valence-electron chi connectivity index (χ3n) is 3.11. The van der Waals surface area contributed by atoms with Crippen molar-refractivity contribution in [1.29, 1.82) is 0 Å². The Morgan fingerprint density at radius 2 is 1.83 bits per heavy atom. The Balaban J connectivity index is 1.81. The van der Waals surface area contributed by atoms with Crippen molar-refractivity contribution in [3.8, 4) is 11.5 Å². The number of halogens is 4. The predicted molar refractivity (Wildman–Crippen MR) is 82.9 cm³/mol. The molecule has 2 aromatic carbocycles. The summed E-state index contributed by atoms with van der Waals surface area (Å²) in [6.45, 7) is 0.138. The van der Waals surface area contributed by atoms with Gasteiger partial charge in [0, 0.05) is 10.0 Å². The highest BCUT2D eigenvalue weighted by Crippen LogP contribution is 2.37. The molecule has 0 spiro atoms. The minimum Gasteiger partial charge on any atom is -0.454 e. The maximum absolute atomic E-state index is 12.9.